The number of piperidine rings is 2. The number of ether oxygens (including phenoxy) is 1. The number of hydrogen-bond donors (Lipinski definition) is 0. The third kappa shape index (κ3) is 5.67. The molecule has 7 heteroatoms. The molecule has 2 fully saturated rings. The fraction of sp³-hybridized carbons (Fsp3) is 1.00. The van der Waals surface area contributed by atoms with Gasteiger partial charge in [0, 0.05) is 38.6 Å². The van der Waals surface area contributed by atoms with E-state index in [1.165, 1.54) is 6.26 Å². The second kappa shape index (κ2) is 8.11. The molecule has 2 saturated heterocycles. The van der Waals surface area contributed by atoms with Gasteiger partial charge in [0.2, 0.25) is 10.0 Å². The summed E-state index contributed by atoms with van der Waals surface area (Å²) in [5.74, 6) is 1.03. The van der Waals surface area contributed by atoms with Crippen LogP contribution in [0.4, 0.5) is 0 Å². The molecule has 1 atom stereocenters. The van der Waals surface area contributed by atoms with Crippen LogP contribution in [0.2, 0.25) is 0 Å². The zero-order valence-electron chi connectivity index (χ0n) is 12.8. The Morgan fingerprint density at radius 3 is 2.52 bits per heavy atom. The quantitative estimate of drug-likeness (QED) is 0.686. The lowest BCUT2D eigenvalue weighted by Gasteiger charge is -2.37. The maximum atomic E-state index is 11.7. The van der Waals surface area contributed by atoms with Crippen LogP contribution in [0.15, 0.2) is 0 Å². The molecule has 0 aromatic heterocycles. The van der Waals surface area contributed by atoms with Crippen molar-refractivity contribution in [1.82, 2.24) is 9.21 Å². The number of hydrogen-bond acceptors (Lipinski definition) is 4. The minimum Gasteiger partial charge on any atom is -0.377 e. The first kappa shape index (κ1) is 17.5. The summed E-state index contributed by atoms with van der Waals surface area (Å²) >= 11 is 5.64. The van der Waals surface area contributed by atoms with Gasteiger partial charge in [-0.25, -0.2) is 12.7 Å². The third-order valence-corrected chi connectivity index (χ3v) is 5.86. The molecule has 2 aliphatic heterocycles. The Hall–Kier alpha value is 0.120. The van der Waals surface area contributed by atoms with E-state index in [4.69, 9.17) is 16.3 Å². The zero-order chi connectivity index (χ0) is 15.3. The Labute approximate surface area is 133 Å². The second-order valence-electron chi connectivity index (χ2n) is 6.19. The van der Waals surface area contributed by atoms with Crippen molar-refractivity contribution in [2.24, 2.45) is 5.92 Å². The van der Waals surface area contributed by atoms with Gasteiger partial charge in [-0.15, -0.1) is 11.6 Å². The molecule has 0 aromatic carbocycles. The summed E-state index contributed by atoms with van der Waals surface area (Å²) in [6.45, 7) is 5.10. The molecule has 2 heterocycles. The van der Waals surface area contributed by atoms with Crippen molar-refractivity contribution in [3.8, 4) is 0 Å². The van der Waals surface area contributed by atoms with Crippen LogP contribution in [0.25, 0.3) is 0 Å². The highest BCUT2D eigenvalue weighted by Gasteiger charge is 2.28. The fourth-order valence-electron chi connectivity index (χ4n) is 3.31. The highest BCUT2D eigenvalue weighted by Crippen LogP contribution is 2.22. The monoisotopic (exact) mass is 338 g/mol. The van der Waals surface area contributed by atoms with E-state index in [2.05, 4.69) is 4.90 Å². The minimum absolute atomic E-state index is 0.346. The van der Waals surface area contributed by atoms with Gasteiger partial charge < -0.3 is 9.64 Å². The van der Waals surface area contributed by atoms with Crippen LogP contribution in [0, 0.1) is 5.92 Å². The zero-order valence-corrected chi connectivity index (χ0v) is 14.4. The average Bonchev–Trinajstić information content (AvgIpc) is 2.46. The van der Waals surface area contributed by atoms with Gasteiger partial charge in [-0.2, -0.15) is 0 Å². The summed E-state index contributed by atoms with van der Waals surface area (Å²) in [7, 11) is -3.04. The highest BCUT2D eigenvalue weighted by atomic mass is 35.5. The molecule has 124 valence electrons. The number of alkyl halides is 1. The number of likely N-dealkylation sites (tertiary alicyclic amines) is 1. The van der Waals surface area contributed by atoms with Crippen molar-refractivity contribution in [3.63, 3.8) is 0 Å². The van der Waals surface area contributed by atoms with Crippen LogP contribution in [-0.4, -0.2) is 75.2 Å². The summed E-state index contributed by atoms with van der Waals surface area (Å²) in [4.78, 5) is 2.46. The van der Waals surface area contributed by atoms with Crippen LogP contribution in [0.3, 0.4) is 0 Å². The van der Waals surface area contributed by atoms with Gasteiger partial charge in [0.1, 0.15) is 0 Å². The molecular formula is C14H27ClN2O3S. The van der Waals surface area contributed by atoms with E-state index in [-0.39, 0.29) is 0 Å². The Morgan fingerprint density at radius 1 is 1.19 bits per heavy atom. The summed E-state index contributed by atoms with van der Waals surface area (Å²) < 4.78 is 30.6. The van der Waals surface area contributed by atoms with Crippen LogP contribution in [0.1, 0.15) is 25.7 Å². The first-order valence-corrected chi connectivity index (χ1v) is 10.2. The van der Waals surface area contributed by atoms with Gasteiger partial charge in [-0.1, -0.05) is 0 Å². The molecule has 0 bridgehead atoms. The molecule has 21 heavy (non-hydrogen) atoms. The van der Waals surface area contributed by atoms with Crippen LogP contribution in [-0.2, 0) is 14.8 Å². The maximum Gasteiger partial charge on any atom is 0.211 e. The lowest BCUT2D eigenvalue weighted by molar-refractivity contribution is 0.0102. The molecule has 0 radical (unpaired) electrons. The molecule has 0 amide bonds. The predicted octanol–water partition coefficient (Wildman–Crippen LogP) is 1.38. The molecular weight excluding hydrogens is 312 g/mol. The lowest BCUT2D eigenvalue weighted by Crippen LogP contribution is -2.45. The molecule has 0 spiro atoms. The van der Waals surface area contributed by atoms with Gasteiger partial charge in [-0.05, 0) is 31.6 Å². The minimum atomic E-state index is -3.04. The average molecular weight is 339 g/mol. The molecule has 1 unspecified atom stereocenters. The van der Waals surface area contributed by atoms with E-state index in [1.807, 2.05) is 0 Å². The summed E-state index contributed by atoms with van der Waals surface area (Å²) in [6, 6.07) is 0. The van der Waals surface area contributed by atoms with Crippen molar-refractivity contribution in [2.45, 2.75) is 31.8 Å². The van der Waals surface area contributed by atoms with Gasteiger partial charge >= 0.3 is 0 Å². The van der Waals surface area contributed by atoms with Gasteiger partial charge in [-0.3, -0.25) is 0 Å². The number of sulfonamides is 1. The molecule has 0 N–H and O–H groups in total. The van der Waals surface area contributed by atoms with Crippen molar-refractivity contribution in [1.29, 1.82) is 0 Å². The Kier molecular flexibility index (Phi) is 6.75. The Morgan fingerprint density at radius 2 is 1.90 bits per heavy atom. The largest absolute Gasteiger partial charge is 0.377 e. The number of nitrogens with zero attached hydrogens (tertiary/aromatic N) is 2. The molecule has 0 aliphatic carbocycles. The molecule has 0 saturated carbocycles. The SMILES string of the molecule is CS(=O)(=O)N1CCCC(CN2CCC(OCCCl)CC2)C1. The van der Waals surface area contributed by atoms with Crippen molar-refractivity contribution in [3.05, 3.63) is 0 Å². The van der Waals surface area contributed by atoms with E-state index in [1.54, 1.807) is 4.31 Å². The lowest BCUT2D eigenvalue weighted by atomic mass is 9.97. The van der Waals surface area contributed by atoms with Crippen molar-refractivity contribution >= 4 is 21.6 Å². The smallest absolute Gasteiger partial charge is 0.211 e. The third-order valence-electron chi connectivity index (χ3n) is 4.43. The summed E-state index contributed by atoms with van der Waals surface area (Å²) in [6.07, 6.45) is 5.88. The molecule has 2 aliphatic rings. The number of rotatable bonds is 6. The normalized spacial score (nSPS) is 27.0. The van der Waals surface area contributed by atoms with Crippen LogP contribution < -0.4 is 0 Å². The molecule has 5 nitrogen and oxygen atoms in total. The van der Waals surface area contributed by atoms with E-state index >= 15 is 0 Å². The van der Waals surface area contributed by atoms with Gasteiger partial charge in [0.15, 0.2) is 0 Å². The standard InChI is InChI=1S/C14H27ClN2O3S/c1-21(18,19)17-7-2-3-13(12-17)11-16-8-4-14(5-9-16)20-10-6-15/h13-14H,2-12H2,1H3. The van der Waals surface area contributed by atoms with Gasteiger partial charge in [0.05, 0.1) is 19.0 Å². The van der Waals surface area contributed by atoms with Gasteiger partial charge in [0.25, 0.3) is 0 Å². The predicted molar refractivity (Wildman–Crippen MR) is 85.3 cm³/mol. The molecule has 0 aromatic rings. The van der Waals surface area contributed by atoms with Crippen molar-refractivity contribution in [2.75, 3.05) is 51.5 Å². The maximum absolute atomic E-state index is 11.7. The fourth-order valence-corrected chi connectivity index (χ4v) is 4.34. The van der Waals surface area contributed by atoms with E-state index < -0.39 is 10.0 Å². The molecule has 2 rings (SSSR count). The Balaban J connectivity index is 1.73. The summed E-state index contributed by atoms with van der Waals surface area (Å²) in [5.41, 5.74) is 0. The number of halogens is 1. The van der Waals surface area contributed by atoms with Crippen molar-refractivity contribution < 1.29 is 13.2 Å². The highest BCUT2D eigenvalue weighted by molar-refractivity contribution is 7.88. The van der Waals surface area contributed by atoms with E-state index in [0.29, 0.717) is 37.6 Å². The Bertz CT molecular complexity index is 410. The van der Waals surface area contributed by atoms with E-state index in [0.717, 1.165) is 45.3 Å². The second-order valence-corrected chi connectivity index (χ2v) is 8.55. The van der Waals surface area contributed by atoms with Crippen LogP contribution in [0.5, 0.6) is 0 Å². The first-order chi connectivity index (χ1) is 9.99. The topological polar surface area (TPSA) is 49.9 Å². The summed E-state index contributed by atoms with van der Waals surface area (Å²) in [5, 5.41) is 0. The van der Waals surface area contributed by atoms with E-state index in [9.17, 15) is 8.42 Å². The van der Waals surface area contributed by atoms with Crippen LogP contribution >= 0.6 is 11.6 Å². The first-order valence-electron chi connectivity index (χ1n) is 7.84.